The van der Waals surface area contributed by atoms with E-state index in [1.54, 1.807) is 25.1 Å². The molecule has 104 valence electrons. The molecule has 1 aliphatic heterocycles. The van der Waals surface area contributed by atoms with E-state index in [0.29, 0.717) is 11.1 Å². The molecule has 19 heavy (non-hydrogen) atoms. The number of hydrogen-bond donors (Lipinski definition) is 2. The molecule has 0 spiro atoms. The van der Waals surface area contributed by atoms with Crippen LogP contribution >= 0.6 is 0 Å². The van der Waals surface area contributed by atoms with Crippen LogP contribution < -0.4 is 5.32 Å². The van der Waals surface area contributed by atoms with E-state index in [2.05, 4.69) is 10.2 Å². The lowest BCUT2D eigenvalue weighted by Gasteiger charge is -2.21. The van der Waals surface area contributed by atoms with Crippen molar-refractivity contribution in [3.05, 3.63) is 29.3 Å². The number of phenols is 1. The number of phenolic OH excluding ortho intramolecular Hbond substituents is 1. The fourth-order valence-corrected chi connectivity index (χ4v) is 2.57. The molecule has 0 bridgehead atoms. The highest BCUT2D eigenvalue weighted by atomic mass is 16.3. The van der Waals surface area contributed by atoms with Crippen molar-refractivity contribution in [1.29, 1.82) is 0 Å². The van der Waals surface area contributed by atoms with Crippen LogP contribution in [0.25, 0.3) is 0 Å². The summed E-state index contributed by atoms with van der Waals surface area (Å²) in [6.45, 7) is 6.93. The topological polar surface area (TPSA) is 52.6 Å². The van der Waals surface area contributed by atoms with Crippen LogP contribution in [0.5, 0.6) is 5.75 Å². The summed E-state index contributed by atoms with van der Waals surface area (Å²) < 4.78 is 0. The first-order valence-corrected chi connectivity index (χ1v) is 6.89. The van der Waals surface area contributed by atoms with Gasteiger partial charge in [-0.3, -0.25) is 4.79 Å². The smallest absolute Gasteiger partial charge is 0.251 e. The summed E-state index contributed by atoms with van der Waals surface area (Å²) in [6.07, 6.45) is 2.51. The van der Waals surface area contributed by atoms with Crippen LogP contribution in [0, 0.1) is 6.92 Å². The number of carbonyl (C=O) groups is 1. The third-order valence-electron chi connectivity index (χ3n) is 3.66. The lowest BCUT2D eigenvalue weighted by Crippen LogP contribution is -2.41. The summed E-state index contributed by atoms with van der Waals surface area (Å²) in [4.78, 5) is 14.5. The fraction of sp³-hybridized carbons (Fsp3) is 0.533. The minimum Gasteiger partial charge on any atom is -0.508 e. The normalized spacial score (nSPS) is 17.4. The number of carbonyl (C=O) groups excluding carboxylic acids is 1. The Morgan fingerprint density at radius 1 is 1.42 bits per heavy atom. The maximum absolute atomic E-state index is 12.2. The van der Waals surface area contributed by atoms with Gasteiger partial charge in [0.15, 0.2) is 0 Å². The van der Waals surface area contributed by atoms with Crippen molar-refractivity contribution in [1.82, 2.24) is 10.2 Å². The average molecular weight is 262 g/mol. The molecule has 1 aromatic rings. The molecular formula is C15H22N2O2. The number of rotatable bonds is 4. The van der Waals surface area contributed by atoms with Crippen LogP contribution in [0.15, 0.2) is 18.2 Å². The van der Waals surface area contributed by atoms with Crippen molar-refractivity contribution in [3.63, 3.8) is 0 Å². The number of nitrogens with one attached hydrogen (secondary N) is 1. The first-order valence-electron chi connectivity index (χ1n) is 6.89. The highest BCUT2D eigenvalue weighted by Crippen LogP contribution is 2.19. The number of nitrogens with zero attached hydrogens (tertiary/aromatic N) is 1. The van der Waals surface area contributed by atoms with Gasteiger partial charge in [-0.15, -0.1) is 0 Å². The Kier molecular flexibility index (Phi) is 4.43. The van der Waals surface area contributed by atoms with Crippen LogP contribution in [-0.4, -0.2) is 41.6 Å². The second-order valence-corrected chi connectivity index (χ2v) is 5.33. The van der Waals surface area contributed by atoms with Gasteiger partial charge in [-0.1, -0.05) is 6.07 Å². The summed E-state index contributed by atoms with van der Waals surface area (Å²) >= 11 is 0. The summed E-state index contributed by atoms with van der Waals surface area (Å²) in [5, 5.41) is 12.6. The average Bonchev–Trinajstić information content (AvgIpc) is 2.85. The Morgan fingerprint density at radius 2 is 2.11 bits per heavy atom. The molecule has 0 aromatic heterocycles. The van der Waals surface area contributed by atoms with E-state index in [9.17, 15) is 9.90 Å². The molecule has 2 rings (SSSR count). The molecule has 1 heterocycles. The number of benzene rings is 1. The van der Waals surface area contributed by atoms with Crippen molar-refractivity contribution in [3.8, 4) is 5.75 Å². The van der Waals surface area contributed by atoms with Gasteiger partial charge in [-0.25, -0.2) is 0 Å². The summed E-state index contributed by atoms with van der Waals surface area (Å²) in [5.41, 5.74) is 1.18. The van der Waals surface area contributed by atoms with E-state index in [-0.39, 0.29) is 17.7 Å². The van der Waals surface area contributed by atoms with Crippen molar-refractivity contribution in [2.45, 2.75) is 32.7 Å². The molecular weight excluding hydrogens is 240 g/mol. The quantitative estimate of drug-likeness (QED) is 0.871. The number of hydrogen-bond acceptors (Lipinski definition) is 3. The third kappa shape index (κ3) is 3.47. The largest absolute Gasteiger partial charge is 0.508 e. The SMILES string of the molecule is Cc1c(O)cccc1C(=O)NC(C)CN1CCCC1. The first kappa shape index (κ1) is 13.9. The first-order chi connectivity index (χ1) is 9.08. The molecule has 4 nitrogen and oxygen atoms in total. The molecule has 0 saturated carbocycles. The van der Waals surface area contributed by atoms with Crippen molar-refractivity contribution >= 4 is 5.91 Å². The molecule has 1 aromatic carbocycles. The van der Waals surface area contributed by atoms with Crippen LogP contribution in [0.1, 0.15) is 35.7 Å². The van der Waals surface area contributed by atoms with Crippen LogP contribution in [0.2, 0.25) is 0 Å². The molecule has 1 amide bonds. The monoisotopic (exact) mass is 262 g/mol. The number of amides is 1. The number of aromatic hydroxyl groups is 1. The second kappa shape index (κ2) is 6.06. The van der Waals surface area contributed by atoms with Crippen molar-refractivity contribution in [2.75, 3.05) is 19.6 Å². The zero-order chi connectivity index (χ0) is 13.8. The van der Waals surface area contributed by atoms with E-state index in [1.165, 1.54) is 12.8 Å². The Morgan fingerprint density at radius 3 is 2.79 bits per heavy atom. The second-order valence-electron chi connectivity index (χ2n) is 5.33. The predicted molar refractivity (Wildman–Crippen MR) is 75.4 cm³/mol. The molecule has 0 aliphatic carbocycles. The van der Waals surface area contributed by atoms with Crippen LogP contribution in [0.3, 0.4) is 0 Å². The predicted octanol–water partition coefficient (Wildman–Crippen LogP) is 1.91. The molecule has 1 atom stereocenters. The summed E-state index contributed by atoms with van der Waals surface area (Å²) in [5.74, 6) is 0.0555. The lowest BCUT2D eigenvalue weighted by molar-refractivity contribution is 0.0931. The Bertz CT molecular complexity index is 453. The highest BCUT2D eigenvalue weighted by Gasteiger charge is 2.17. The van der Waals surface area contributed by atoms with Gasteiger partial charge in [0, 0.05) is 23.7 Å². The Labute approximate surface area is 114 Å². The van der Waals surface area contributed by atoms with Gasteiger partial charge < -0.3 is 15.3 Å². The maximum atomic E-state index is 12.2. The fourth-order valence-electron chi connectivity index (χ4n) is 2.57. The Balaban J connectivity index is 1.94. The molecule has 1 saturated heterocycles. The summed E-state index contributed by atoms with van der Waals surface area (Å²) in [7, 11) is 0. The van der Waals surface area contributed by atoms with Crippen LogP contribution in [0.4, 0.5) is 0 Å². The molecule has 1 unspecified atom stereocenters. The highest BCUT2D eigenvalue weighted by molar-refractivity contribution is 5.96. The standard InChI is InChI=1S/C15H22N2O2/c1-11(10-17-8-3-4-9-17)16-15(19)13-6-5-7-14(18)12(13)2/h5-7,11,18H,3-4,8-10H2,1-2H3,(H,16,19). The van der Waals surface area contributed by atoms with Crippen molar-refractivity contribution in [2.24, 2.45) is 0 Å². The Hall–Kier alpha value is -1.55. The van der Waals surface area contributed by atoms with Crippen LogP contribution in [-0.2, 0) is 0 Å². The van der Waals surface area contributed by atoms with Gasteiger partial charge in [-0.2, -0.15) is 0 Å². The third-order valence-corrected chi connectivity index (χ3v) is 3.66. The van der Waals surface area contributed by atoms with E-state index in [1.807, 2.05) is 6.92 Å². The molecule has 1 aliphatic rings. The lowest BCUT2D eigenvalue weighted by atomic mass is 10.1. The zero-order valence-corrected chi connectivity index (χ0v) is 11.6. The minimum atomic E-state index is -0.111. The van der Waals surface area contributed by atoms with E-state index in [4.69, 9.17) is 0 Å². The van der Waals surface area contributed by atoms with Gasteiger partial charge in [0.05, 0.1) is 0 Å². The van der Waals surface area contributed by atoms with Gasteiger partial charge in [0.25, 0.3) is 5.91 Å². The van der Waals surface area contributed by atoms with E-state index < -0.39 is 0 Å². The van der Waals surface area contributed by atoms with Gasteiger partial charge in [0.2, 0.25) is 0 Å². The molecule has 2 N–H and O–H groups in total. The van der Waals surface area contributed by atoms with Gasteiger partial charge >= 0.3 is 0 Å². The van der Waals surface area contributed by atoms with Gasteiger partial charge in [0.1, 0.15) is 5.75 Å². The number of likely N-dealkylation sites (tertiary alicyclic amines) is 1. The van der Waals surface area contributed by atoms with Gasteiger partial charge in [-0.05, 0) is 51.9 Å². The molecule has 0 radical (unpaired) electrons. The summed E-state index contributed by atoms with van der Waals surface area (Å²) in [6, 6.07) is 5.15. The van der Waals surface area contributed by atoms with Crippen molar-refractivity contribution < 1.29 is 9.90 Å². The minimum absolute atomic E-state index is 0.111. The van der Waals surface area contributed by atoms with E-state index in [0.717, 1.165) is 19.6 Å². The molecule has 1 fully saturated rings. The molecule has 4 heteroatoms. The maximum Gasteiger partial charge on any atom is 0.251 e. The zero-order valence-electron chi connectivity index (χ0n) is 11.6. The van der Waals surface area contributed by atoms with E-state index >= 15 is 0 Å².